The molecule has 1 unspecified atom stereocenters. The summed E-state index contributed by atoms with van der Waals surface area (Å²) >= 11 is 0. The fourth-order valence-corrected chi connectivity index (χ4v) is 0.385. The van der Waals surface area contributed by atoms with Gasteiger partial charge in [-0.05, 0) is 20.8 Å². The van der Waals surface area contributed by atoms with E-state index in [1.165, 1.54) is 6.92 Å². The molecule has 0 rings (SSSR count). The van der Waals surface area contributed by atoms with Gasteiger partial charge in [0.25, 0.3) is 0 Å². The monoisotopic (exact) mass is 128 g/mol. The Morgan fingerprint density at radius 2 is 2.00 bits per heavy atom. The average molecular weight is 128 g/mol. The summed E-state index contributed by atoms with van der Waals surface area (Å²) in [6.45, 7) is 8.42. The van der Waals surface area contributed by atoms with Crippen molar-refractivity contribution in [1.82, 2.24) is 0 Å². The lowest BCUT2D eigenvalue weighted by Crippen LogP contribution is -2.15. The van der Waals surface area contributed by atoms with Gasteiger partial charge in [-0.2, -0.15) is 0 Å². The Hall–Kier alpha value is -0.790. The number of hydrogen-bond donors (Lipinski definition) is 0. The summed E-state index contributed by atoms with van der Waals surface area (Å²) in [6, 6.07) is 0. The molecule has 2 heteroatoms. The van der Waals surface area contributed by atoms with E-state index >= 15 is 0 Å². The summed E-state index contributed by atoms with van der Waals surface area (Å²) in [5.74, 6) is 0.607. The third kappa shape index (κ3) is 3.76. The number of rotatable bonds is 3. The molecule has 0 radical (unpaired) electrons. The number of carbonyl (C=O) groups excluding carboxylic acids is 1. The van der Waals surface area contributed by atoms with Gasteiger partial charge in [-0.15, -0.1) is 0 Å². The molecule has 0 aliphatic rings. The zero-order valence-electron chi connectivity index (χ0n) is 6.10. The molecule has 52 valence electrons. The molecule has 0 heterocycles. The summed E-state index contributed by atoms with van der Waals surface area (Å²) in [6.07, 6.45) is -0.345. The third-order valence-electron chi connectivity index (χ3n) is 0.950. The first kappa shape index (κ1) is 8.21. The maximum Gasteiger partial charge on any atom is 0.169 e. The van der Waals surface area contributed by atoms with Crippen molar-refractivity contribution >= 4 is 5.78 Å². The van der Waals surface area contributed by atoms with Crippen LogP contribution >= 0.6 is 0 Å². The number of ketones is 1. The van der Waals surface area contributed by atoms with E-state index in [1.54, 1.807) is 13.8 Å². The largest absolute Gasteiger partial charge is 0.488 e. The highest BCUT2D eigenvalue weighted by atomic mass is 16.5. The average Bonchev–Trinajstić information content (AvgIpc) is 1.63. The second-order valence-corrected chi connectivity index (χ2v) is 2.07. The van der Waals surface area contributed by atoms with Gasteiger partial charge in [-0.25, -0.2) is 0 Å². The van der Waals surface area contributed by atoms with Gasteiger partial charge in [-0.3, -0.25) is 4.79 Å². The van der Waals surface area contributed by atoms with Crippen LogP contribution in [-0.4, -0.2) is 11.9 Å². The minimum atomic E-state index is -0.345. The minimum absolute atomic E-state index is 0.0259. The molecule has 0 fully saturated rings. The maximum absolute atomic E-state index is 10.5. The van der Waals surface area contributed by atoms with Crippen molar-refractivity contribution < 1.29 is 9.53 Å². The van der Waals surface area contributed by atoms with Gasteiger partial charge in [0.05, 0.1) is 5.76 Å². The molecule has 0 aromatic heterocycles. The molecule has 0 aromatic carbocycles. The van der Waals surface area contributed by atoms with Gasteiger partial charge < -0.3 is 4.74 Å². The lowest BCUT2D eigenvalue weighted by atomic mass is 10.3. The van der Waals surface area contributed by atoms with Crippen LogP contribution in [0.3, 0.4) is 0 Å². The second-order valence-electron chi connectivity index (χ2n) is 2.07. The number of Topliss-reactive ketones (excluding diaryl/α,β-unsaturated/α-hetero) is 1. The Morgan fingerprint density at radius 3 is 2.11 bits per heavy atom. The summed E-state index contributed by atoms with van der Waals surface area (Å²) < 4.78 is 4.97. The molecule has 0 spiro atoms. The summed E-state index contributed by atoms with van der Waals surface area (Å²) in [7, 11) is 0. The van der Waals surface area contributed by atoms with Gasteiger partial charge in [-0.1, -0.05) is 6.58 Å². The van der Waals surface area contributed by atoms with E-state index in [2.05, 4.69) is 6.58 Å². The first-order valence-electron chi connectivity index (χ1n) is 2.86. The SMILES string of the molecule is C=C(C)OC(C)C(C)=O. The van der Waals surface area contributed by atoms with Crippen LogP contribution in [0.2, 0.25) is 0 Å². The van der Waals surface area contributed by atoms with E-state index in [0.29, 0.717) is 5.76 Å². The molecular weight excluding hydrogens is 116 g/mol. The Morgan fingerprint density at radius 1 is 1.56 bits per heavy atom. The quantitative estimate of drug-likeness (QED) is 0.538. The predicted octanol–water partition coefficient (Wildman–Crippen LogP) is 1.51. The highest BCUT2D eigenvalue weighted by Gasteiger charge is 2.06. The van der Waals surface area contributed by atoms with Crippen molar-refractivity contribution in [2.45, 2.75) is 26.9 Å². The van der Waals surface area contributed by atoms with Gasteiger partial charge in [0.1, 0.15) is 0 Å². The van der Waals surface area contributed by atoms with Crippen molar-refractivity contribution in [1.29, 1.82) is 0 Å². The summed E-state index contributed by atoms with van der Waals surface area (Å²) in [5.41, 5.74) is 0. The molecule has 0 saturated carbocycles. The molecule has 0 amide bonds. The Balaban J connectivity index is 3.63. The van der Waals surface area contributed by atoms with E-state index in [9.17, 15) is 4.79 Å². The number of allylic oxidation sites excluding steroid dienone is 1. The Bertz CT molecular complexity index is 127. The molecule has 0 aliphatic heterocycles. The topological polar surface area (TPSA) is 26.3 Å². The summed E-state index contributed by atoms with van der Waals surface area (Å²) in [4.78, 5) is 10.5. The first-order chi connectivity index (χ1) is 4.04. The van der Waals surface area contributed by atoms with E-state index in [4.69, 9.17) is 4.74 Å². The highest BCUT2D eigenvalue weighted by Crippen LogP contribution is 1.98. The summed E-state index contributed by atoms with van der Waals surface area (Å²) in [5, 5.41) is 0. The number of ether oxygens (including phenoxy) is 1. The van der Waals surface area contributed by atoms with E-state index in [0.717, 1.165) is 0 Å². The fraction of sp³-hybridized carbons (Fsp3) is 0.571. The molecule has 0 saturated heterocycles. The van der Waals surface area contributed by atoms with Crippen LogP contribution in [0.1, 0.15) is 20.8 Å². The van der Waals surface area contributed by atoms with Crippen LogP contribution in [-0.2, 0) is 9.53 Å². The number of hydrogen-bond acceptors (Lipinski definition) is 2. The van der Waals surface area contributed by atoms with Gasteiger partial charge >= 0.3 is 0 Å². The van der Waals surface area contributed by atoms with E-state index < -0.39 is 0 Å². The lowest BCUT2D eigenvalue weighted by molar-refractivity contribution is -0.125. The van der Waals surface area contributed by atoms with Crippen molar-refractivity contribution in [3.63, 3.8) is 0 Å². The molecule has 0 aromatic rings. The minimum Gasteiger partial charge on any atom is -0.488 e. The predicted molar refractivity (Wildman–Crippen MR) is 36.0 cm³/mol. The van der Waals surface area contributed by atoms with Crippen molar-refractivity contribution in [2.75, 3.05) is 0 Å². The van der Waals surface area contributed by atoms with Crippen LogP contribution < -0.4 is 0 Å². The van der Waals surface area contributed by atoms with Crippen LogP contribution in [0.25, 0.3) is 0 Å². The second kappa shape index (κ2) is 3.28. The van der Waals surface area contributed by atoms with Gasteiger partial charge in [0.15, 0.2) is 11.9 Å². The molecule has 0 aliphatic carbocycles. The lowest BCUT2D eigenvalue weighted by Gasteiger charge is -2.09. The van der Waals surface area contributed by atoms with Crippen molar-refractivity contribution in [3.05, 3.63) is 12.3 Å². The first-order valence-corrected chi connectivity index (χ1v) is 2.86. The molecule has 0 bridgehead atoms. The van der Waals surface area contributed by atoms with Crippen molar-refractivity contribution in [2.24, 2.45) is 0 Å². The van der Waals surface area contributed by atoms with Crippen LogP contribution in [0, 0.1) is 0 Å². The molecule has 2 nitrogen and oxygen atoms in total. The Labute approximate surface area is 55.5 Å². The standard InChI is InChI=1S/C7H12O2/c1-5(2)9-7(4)6(3)8/h7H,1H2,2-4H3. The maximum atomic E-state index is 10.5. The molecule has 1 atom stereocenters. The molecule has 0 N–H and O–H groups in total. The molecule has 9 heavy (non-hydrogen) atoms. The fourth-order valence-electron chi connectivity index (χ4n) is 0.385. The van der Waals surface area contributed by atoms with E-state index in [1.807, 2.05) is 0 Å². The normalized spacial score (nSPS) is 12.3. The molecular formula is C7H12O2. The van der Waals surface area contributed by atoms with Crippen LogP contribution in [0.5, 0.6) is 0 Å². The Kier molecular flexibility index (Phi) is 2.99. The van der Waals surface area contributed by atoms with Crippen molar-refractivity contribution in [3.8, 4) is 0 Å². The van der Waals surface area contributed by atoms with Crippen LogP contribution in [0.4, 0.5) is 0 Å². The highest BCUT2D eigenvalue weighted by molar-refractivity contribution is 5.80. The third-order valence-corrected chi connectivity index (χ3v) is 0.950. The van der Waals surface area contributed by atoms with Crippen LogP contribution in [0.15, 0.2) is 12.3 Å². The zero-order chi connectivity index (χ0) is 7.44. The van der Waals surface area contributed by atoms with Gasteiger partial charge in [0, 0.05) is 0 Å². The number of carbonyl (C=O) groups is 1. The van der Waals surface area contributed by atoms with E-state index in [-0.39, 0.29) is 11.9 Å². The smallest absolute Gasteiger partial charge is 0.169 e. The van der Waals surface area contributed by atoms with Gasteiger partial charge in [0.2, 0.25) is 0 Å². The zero-order valence-corrected chi connectivity index (χ0v) is 6.10.